The van der Waals surface area contributed by atoms with Crippen molar-refractivity contribution in [3.05, 3.63) is 52.8 Å². The molecule has 20 heavy (non-hydrogen) atoms. The van der Waals surface area contributed by atoms with Crippen molar-refractivity contribution in [2.24, 2.45) is 0 Å². The highest BCUT2D eigenvalue weighted by molar-refractivity contribution is 6.30. The van der Waals surface area contributed by atoms with Gasteiger partial charge in [0, 0.05) is 10.7 Å². The van der Waals surface area contributed by atoms with Crippen LogP contribution in [0.3, 0.4) is 0 Å². The van der Waals surface area contributed by atoms with Crippen LogP contribution >= 0.6 is 11.6 Å². The maximum atomic E-state index is 13.6. The second-order valence-corrected chi connectivity index (χ2v) is 5.17. The number of rotatable bonds is 1. The molecule has 5 heteroatoms. The number of benzene rings is 2. The molecule has 102 valence electrons. The minimum Gasteiger partial charge on any atom is -0.330 e. The lowest BCUT2D eigenvalue weighted by Crippen LogP contribution is -2.35. The zero-order valence-electron chi connectivity index (χ0n) is 10.8. The number of aryl methyl sites for hydroxylation is 1. The van der Waals surface area contributed by atoms with Crippen molar-refractivity contribution in [2.45, 2.75) is 6.92 Å². The van der Waals surface area contributed by atoms with Crippen LogP contribution in [0.25, 0.3) is 0 Å². The molecule has 1 aliphatic rings. The number of halogens is 2. The molecule has 3 nitrogen and oxygen atoms in total. The van der Waals surface area contributed by atoms with Gasteiger partial charge in [-0.15, -0.1) is 0 Å². The van der Waals surface area contributed by atoms with Gasteiger partial charge in [0.25, 0.3) is 0 Å². The van der Waals surface area contributed by atoms with Crippen LogP contribution in [0.2, 0.25) is 5.02 Å². The van der Waals surface area contributed by atoms with E-state index in [2.05, 4.69) is 5.32 Å². The van der Waals surface area contributed by atoms with Crippen LogP contribution < -0.4 is 10.2 Å². The van der Waals surface area contributed by atoms with Gasteiger partial charge in [-0.2, -0.15) is 0 Å². The van der Waals surface area contributed by atoms with E-state index < -0.39 is 0 Å². The fourth-order valence-corrected chi connectivity index (χ4v) is 2.39. The van der Waals surface area contributed by atoms with E-state index in [9.17, 15) is 9.18 Å². The number of nitrogens with zero attached hydrogens (tertiary/aromatic N) is 1. The maximum Gasteiger partial charge on any atom is 0.244 e. The Morgan fingerprint density at radius 1 is 1.25 bits per heavy atom. The summed E-state index contributed by atoms with van der Waals surface area (Å²) in [6.45, 7) is 1.89. The summed E-state index contributed by atoms with van der Waals surface area (Å²) in [6.07, 6.45) is 0. The van der Waals surface area contributed by atoms with Crippen molar-refractivity contribution >= 4 is 34.6 Å². The summed E-state index contributed by atoms with van der Waals surface area (Å²) < 4.78 is 13.6. The van der Waals surface area contributed by atoms with Crippen molar-refractivity contribution < 1.29 is 9.18 Å². The molecular weight excluding hydrogens is 279 g/mol. The van der Waals surface area contributed by atoms with E-state index in [1.54, 1.807) is 25.1 Å². The third-order valence-corrected chi connectivity index (χ3v) is 3.53. The largest absolute Gasteiger partial charge is 0.330 e. The number of amides is 1. The summed E-state index contributed by atoms with van der Waals surface area (Å²) >= 11 is 5.88. The lowest BCUT2D eigenvalue weighted by Gasteiger charge is -2.31. The molecule has 2 aromatic rings. The molecule has 1 N–H and O–H groups in total. The van der Waals surface area contributed by atoms with E-state index in [1.807, 2.05) is 17.0 Å². The average molecular weight is 291 g/mol. The van der Waals surface area contributed by atoms with Crippen LogP contribution in [0.1, 0.15) is 5.56 Å². The molecule has 1 heterocycles. The highest BCUT2D eigenvalue weighted by atomic mass is 35.5. The van der Waals surface area contributed by atoms with Gasteiger partial charge < -0.3 is 10.2 Å². The average Bonchev–Trinajstić information content (AvgIpc) is 2.41. The Bertz CT molecular complexity index is 685. The molecule has 2 aromatic carbocycles. The summed E-state index contributed by atoms with van der Waals surface area (Å²) in [6, 6.07) is 10.3. The van der Waals surface area contributed by atoms with Crippen molar-refractivity contribution in [1.29, 1.82) is 0 Å². The summed E-state index contributed by atoms with van der Waals surface area (Å²) in [5.41, 5.74) is 2.65. The normalized spacial score (nSPS) is 13.9. The van der Waals surface area contributed by atoms with E-state index in [4.69, 9.17) is 11.6 Å². The molecule has 0 atom stereocenters. The number of hydrogen-bond donors (Lipinski definition) is 1. The molecule has 0 radical (unpaired) electrons. The number of carbonyl (C=O) groups is 1. The number of anilines is 3. The standard InChI is InChI=1S/C15H12ClFN2O/c1-9-6-14-13(7-12(9)17)18-15(20)8-19(14)11-4-2-10(16)3-5-11/h2-7H,8H2,1H3,(H,18,20). The van der Waals surface area contributed by atoms with Crippen molar-refractivity contribution in [2.75, 3.05) is 16.8 Å². The quantitative estimate of drug-likeness (QED) is 0.864. The monoisotopic (exact) mass is 290 g/mol. The van der Waals surface area contributed by atoms with Gasteiger partial charge in [0.2, 0.25) is 5.91 Å². The molecule has 0 bridgehead atoms. The van der Waals surface area contributed by atoms with E-state index in [-0.39, 0.29) is 18.3 Å². The van der Waals surface area contributed by atoms with Gasteiger partial charge in [-0.05, 0) is 48.9 Å². The molecule has 0 saturated carbocycles. The summed E-state index contributed by atoms with van der Waals surface area (Å²) in [4.78, 5) is 13.6. The molecule has 0 aromatic heterocycles. The minimum atomic E-state index is -0.331. The lowest BCUT2D eigenvalue weighted by atomic mass is 10.1. The van der Waals surface area contributed by atoms with Crippen LogP contribution in [-0.2, 0) is 4.79 Å². The second-order valence-electron chi connectivity index (χ2n) is 4.73. The Morgan fingerprint density at radius 2 is 1.95 bits per heavy atom. The first-order chi connectivity index (χ1) is 9.54. The molecule has 0 fully saturated rings. The molecular formula is C15H12ClFN2O. The molecule has 0 aliphatic carbocycles. The van der Waals surface area contributed by atoms with Gasteiger partial charge in [0.05, 0.1) is 11.4 Å². The predicted octanol–water partition coefficient (Wildman–Crippen LogP) is 3.88. The first-order valence-electron chi connectivity index (χ1n) is 6.18. The van der Waals surface area contributed by atoms with Crippen LogP contribution in [0.4, 0.5) is 21.5 Å². The molecule has 1 aliphatic heterocycles. The molecule has 3 rings (SSSR count). The number of carbonyl (C=O) groups excluding carboxylic acids is 1. The van der Waals surface area contributed by atoms with Crippen molar-refractivity contribution in [3.63, 3.8) is 0 Å². The SMILES string of the molecule is Cc1cc2c(cc1F)NC(=O)CN2c1ccc(Cl)cc1. The summed E-state index contributed by atoms with van der Waals surface area (Å²) in [5.74, 6) is -0.502. The smallest absolute Gasteiger partial charge is 0.244 e. The lowest BCUT2D eigenvalue weighted by molar-refractivity contribution is -0.115. The Hall–Kier alpha value is -2.07. The van der Waals surface area contributed by atoms with E-state index in [0.29, 0.717) is 16.3 Å². The van der Waals surface area contributed by atoms with Gasteiger partial charge in [-0.25, -0.2) is 4.39 Å². The van der Waals surface area contributed by atoms with Gasteiger partial charge in [0.1, 0.15) is 12.4 Å². The van der Waals surface area contributed by atoms with E-state index in [1.165, 1.54) is 6.07 Å². The number of hydrogen-bond acceptors (Lipinski definition) is 2. The van der Waals surface area contributed by atoms with Crippen LogP contribution in [0.5, 0.6) is 0 Å². The Labute approximate surface area is 121 Å². The van der Waals surface area contributed by atoms with E-state index >= 15 is 0 Å². The molecule has 0 unspecified atom stereocenters. The molecule has 0 saturated heterocycles. The maximum absolute atomic E-state index is 13.6. The highest BCUT2D eigenvalue weighted by Gasteiger charge is 2.24. The third-order valence-electron chi connectivity index (χ3n) is 3.28. The van der Waals surface area contributed by atoms with Crippen molar-refractivity contribution in [1.82, 2.24) is 0 Å². The zero-order chi connectivity index (χ0) is 14.3. The van der Waals surface area contributed by atoms with Crippen LogP contribution in [0.15, 0.2) is 36.4 Å². The fraction of sp³-hybridized carbons (Fsp3) is 0.133. The molecule has 0 spiro atoms. The zero-order valence-corrected chi connectivity index (χ0v) is 11.5. The van der Waals surface area contributed by atoms with Crippen molar-refractivity contribution in [3.8, 4) is 0 Å². The van der Waals surface area contributed by atoms with Crippen LogP contribution in [-0.4, -0.2) is 12.5 Å². The van der Waals surface area contributed by atoms with Gasteiger partial charge in [0.15, 0.2) is 0 Å². The van der Waals surface area contributed by atoms with Gasteiger partial charge in [-0.1, -0.05) is 11.6 Å². The topological polar surface area (TPSA) is 32.3 Å². The van der Waals surface area contributed by atoms with Crippen LogP contribution in [0, 0.1) is 12.7 Å². The van der Waals surface area contributed by atoms with E-state index in [0.717, 1.165) is 11.4 Å². The second kappa shape index (κ2) is 4.80. The predicted molar refractivity (Wildman–Crippen MR) is 78.2 cm³/mol. The first kappa shape index (κ1) is 12.9. The summed E-state index contributed by atoms with van der Waals surface area (Å²) in [5, 5.41) is 3.32. The highest BCUT2D eigenvalue weighted by Crippen LogP contribution is 2.36. The molecule has 1 amide bonds. The third kappa shape index (κ3) is 2.23. The Kier molecular flexibility index (Phi) is 3.10. The van der Waals surface area contributed by atoms with Gasteiger partial charge in [-0.3, -0.25) is 4.79 Å². The summed E-state index contributed by atoms with van der Waals surface area (Å²) in [7, 11) is 0. The van der Waals surface area contributed by atoms with Gasteiger partial charge >= 0.3 is 0 Å². The fourth-order valence-electron chi connectivity index (χ4n) is 2.26. The number of nitrogens with one attached hydrogen (secondary N) is 1. The number of fused-ring (bicyclic) bond motifs is 1. The first-order valence-corrected chi connectivity index (χ1v) is 6.55. The Balaban J connectivity index is 2.12. The minimum absolute atomic E-state index is 0.171. The Morgan fingerprint density at radius 3 is 2.65 bits per heavy atom.